The van der Waals surface area contributed by atoms with Gasteiger partial charge < -0.3 is 14.2 Å². The van der Waals surface area contributed by atoms with Crippen LogP contribution in [0.15, 0.2) is 36.4 Å². The number of methoxy groups -OCH3 is 1. The number of hydrogen-bond donors (Lipinski definition) is 1. The molecule has 11 heteroatoms. The van der Waals surface area contributed by atoms with Crippen LogP contribution in [-0.2, 0) is 21.5 Å². The smallest absolute Gasteiger partial charge is 0.303 e. The predicted molar refractivity (Wildman–Crippen MR) is 181 cm³/mol. The van der Waals surface area contributed by atoms with Crippen molar-refractivity contribution < 1.29 is 22.7 Å². The van der Waals surface area contributed by atoms with Crippen molar-refractivity contribution >= 4 is 32.9 Å². The summed E-state index contributed by atoms with van der Waals surface area (Å²) in [5.41, 5.74) is 5.33. The Labute approximate surface area is 277 Å². The summed E-state index contributed by atoms with van der Waals surface area (Å²) in [4.78, 5) is 32.8. The van der Waals surface area contributed by atoms with Crippen molar-refractivity contribution in [3.05, 3.63) is 53.1 Å². The minimum absolute atomic E-state index is 0.0765. The summed E-state index contributed by atoms with van der Waals surface area (Å²) in [6.45, 7) is 4.13. The molecule has 10 nitrogen and oxygen atoms in total. The van der Waals surface area contributed by atoms with E-state index in [1.54, 1.807) is 13.2 Å². The zero-order valence-electron chi connectivity index (χ0n) is 27.6. The molecule has 1 aromatic heterocycles. The average molecular weight is 660 g/mol. The first-order valence-corrected chi connectivity index (χ1v) is 18.7. The molecule has 3 aromatic rings. The van der Waals surface area contributed by atoms with Gasteiger partial charge in [-0.2, -0.15) is 12.7 Å². The van der Waals surface area contributed by atoms with Crippen LogP contribution in [0.4, 0.5) is 0 Å². The molecule has 0 radical (unpaired) electrons. The van der Waals surface area contributed by atoms with Crippen molar-refractivity contribution in [2.75, 3.05) is 47.4 Å². The molecule has 0 bridgehead atoms. The van der Waals surface area contributed by atoms with Gasteiger partial charge in [-0.15, -0.1) is 0 Å². The van der Waals surface area contributed by atoms with Crippen LogP contribution in [-0.4, -0.2) is 92.3 Å². The summed E-state index contributed by atoms with van der Waals surface area (Å²) in [6, 6.07) is 12.4. The highest BCUT2D eigenvalue weighted by Gasteiger charge is 2.64. The van der Waals surface area contributed by atoms with Crippen LogP contribution in [0.3, 0.4) is 0 Å². The molecule has 3 aliphatic heterocycles. The number of carbonyl (C=O) groups excluding carboxylic acids is 2. The lowest BCUT2D eigenvalue weighted by molar-refractivity contribution is -0.140. The number of amides is 2. The number of aromatic nitrogens is 1. The third kappa shape index (κ3) is 4.99. The van der Waals surface area contributed by atoms with E-state index in [0.29, 0.717) is 18.5 Å². The molecular weight excluding hydrogens is 614 g/mol. The van der Waals surface area contributed by atoms with E-state index in [9.17, 15) is 18.0 Å². The highest BCUT2D eigenvalue weighted by Crippen LogP contribution is 2.66. The van der Waals surface area contributed by atoms with Crippen LogP contribution in [0, 0.1) is 5.41 Å². The molecule has 2 aliphatic carbocycles. The first-order valence-electron chi connectivity index (χ1n) is 17.2. The van der Waals surface area contributed by atoms with Crippen molar-refractivity contribution in [3.63, 3.8) is 0 Å². The SMILES string of the molecule is COc1ccc2c(c1)C1CC1(C(=O)N1CCN3CCC[C@H]3C1)Cn1c-2c(C2CCCCC2)c2ccc(C(=O)NS(=O)(=O)N(C)C)cc21. The van der Waals surface area contributed by atoms with Gasteiger partial charge in [0.1, 0.15) is 5.75 Å². The van der Waals surface area contributed by atoms with Crippen LogP contribution in [0.1, 0.15) is 84.7 Å². The lowest BCUT2D eigenvalue weighted by atomic mass is 9.81. The third-order valence-corrected chi connectivity index (χ3v) is 13.2. The van der Waals surface area contributed by atoms with Gasteiger partial charge in [-0.3, -0.25) is 14.5 Å². The molecule has 2 saturated carbocycles. The van der Waals surface area contributed by atoms with E-state index < -0.39 is 21.5 Å². The molecule has 4 heterocycles. The van der Waals surface area contributed by atoms with Gasteiger partial charge in [0.05, 0.1) is 18.2 Å². The van der Waals surface area contributed by atoms with E-state index >= 15 is 0 Å². The Morgan fingerprint density at radius 3 is 2.55 bits per heavy atom. The highest BCUT2D eigenvalue weighted by molar-refractivity contribution is 7.87. The highest BCUT2D eigenvalue weighted by atomic mass is 32.2. The molecule has 5 aliphatic rings. The number of fused-ring (bicyclic) bond motifs is 8. The fourth-order valence-electron chi connectivity index (χ4n) is 9.18. The van der Waals surface area contributed by atoms with Gasteiger partial charge in [0.2, 0.25) is 5.91 Å². The number of piperazine rings is 1. The zero-order chi connectivity index (χ0) is 32.7. The van der Waals surface area contributed by atoms with Crippen molar-refractivity contribution in [1.29, 1.82) is 0 Å². The Kier molecular flexibility index (Phi) is 7.46. The summed E-state index contributed by atoms with van der Waals surface area (Å²) >= 11 is 0. The van der Waals surface area contributed by atoms with Gasteiger partial charge in [-0.25, -0.2) is 4.72 Å². The van der Waals surface area contributed by atoms with Crippen LogP contribution in [0.25, 0.3) is 22.2 Å². The molecule has 250 valence electrons. The van der Waals surface area contributed by atoms with Gasteiger partial charge in [-0.1, -0.05) is 25.3 Å². The third-order valence-electron chi connectivity index (χ3n) is 11.8. The monoisotopic (exact) mass is 659 g/mol. The number of carbonyl (C=O) groups is 2. The Balaban J connectivity index is 1.30. The van der Waals surface area contributed by atoms with Crippen molar-refractivity contribution in [3.8, 4) is 17.0 Å². The van der Waals surface area contributed by atoms with Crippen LogP contribution in [0.5, 0.6) is 5.75 Å². The van der Waals surface area contributed by atoms with Crippen LogP contribution < -0.4 is 9.46 Å². The topological polar surface area (TPSA) is 104 Å². The average Bonchev–Trinajstić information content (AvgIpc) is 3.49. The molecule has 2 aromatic carbocycles. The largest absolute Gasteiger partial charge is 0.497 e. The lowest BCUT2D eigenvalue weighted by Gasteiger charge is -2.39. The first-order chi connectivity index (χ1) is 22.6. The van der Waals surface area contributed by atoms with Crippen LogP contribution >= 0.6 is 0 Å². The second-order valence-electron chi connectivity index (χ2n) is 14.6. The molecule has 1 N–H and O–H groups in total. The summed E-state index contributed by atoms with van der Waals surface area (Å²) in [6.07, 6.45) is 8.89. The minimum Gasteiger partial charge on any atom is -0.497 e. The quantitative estimate of drug-likeness (QED) is 0.412. The number of rotatable bonds is 6. The fourth-order valence-corrected chi connectivity index (χ4v) is 9.71. The second kappa shape index (κ2) is 11.3. The Morgan fingerprint density at radius 1 is 0.979 bits per heavy atom. The molecule has 2 amide bonds. The Hall–Kier alpha value is -3.41. The summed E-state index contributed by atoms with van der Waals surface area (Å²) < 4.78 is 36.4. The van der Waals surface area contributed by atoms with Gasteiger partial charge >= 0.3 is 10.2 Å². The van der Waals surface area contributed by atoms with E-state index in [-0.39, 0.29) is 17.4 Å². The standard InChI is InChI=1S/C36H45N5O5S/c1-38(2)47(44,45)37-34(42)24-11-13-28-31(18-24)41-22-36(35(43)40-17-16-39-15-7-10-25(39)21-40)20-30(36)29-19-26(46-3)12-14-27(29)33(41)32(28)23-8-5-4-6-9-23/h11-14,18-19,23,25,30H,4-10,15-17,20-22H2,1-3H3,(H,37,42)/t25-,30?,36?/m0/s1. The molecule has 2 unspecified atom stereocenters. The van der Waals surface area contributed by atoms with Gasteiger partial charge in [-0.05, 0) is 86.0 Å². The van der Waals surface area contributed by atoms with E-state index in [1.165, 1.54) is 50.9 Å². The van der Waals surface area contributed by atoms with E-state index in [0.717, 1.165) is 84.1 Å². The maximum atomic E-state index is 14.8. The Bertz CT molecular complexity index is 1880. The Morgan fingerprint density at radius 2 is 1.79 bits per heavy atom. The second-order valence-corrected chi connectivity index (χ2v) is 16.5. The summed E-state index contributed by atoms with van der Waals surface area (Å²) in [7, 11) is 0.517. The number of nitrogens with zero attached hydrogens (tertiary/aromatic N) is 4. The molecule has 47 heavy (non-hydrogen) atoms. The molecular formula is C36H45N5O5S. The fraction of sp³-hybridized carbons (Fsp3) is 0.556. The van der Waals surface area contributed by atoms with Crippen molar-refractivity contribution in [2.24, 2.45) is 5.41 Å². The predicted octanol–water partition coefficient (Wildman–Crippen LogP) is 4.69. The maximum Gasteiger partial charge on any atom is 0.303 e. The zero-order valence-corrected chi connectivity index (χ0v) is 28.4. The number of hydrogen-bond acceptors (Lipinski definition) is 6. The van der Waals surface area contributed by atoms with E-state index in [1.807, 2.05) is 18.2 Å². The van der Waals surface area contributed by atoms with Gasteiger partial charge in [0, 0.05) is 74.3 Å². The first kappa shape index (κ1) is 30.9. The van der Waals surface area contributed by atoms with Gasteiger partial charge in [0.25, 0.3) is 5.91 Å². The maximum absolute atomic E-state index is 14.8. The van der Waals surface area contributed by atoms with Crippen molar-refractivity contribution in [2.45, 2.75) is 75.8 Å². The normalized spacial score (nSPS) is 25.9. The number of benzene rings is 2. The minimum atomic E-state index is -3.96. The van der Waals surface area contributed by atoms with E-state index in [2.05, 4.69) is 31.2 Å². The van der Waals surface area contributed by atoms with E-state index in [4.69, 9.17) is 4.74 Å². The van der Waals surface area contributed by atoms with Crippen molar-refractivity contribution in [1.82, 2.24) is 23.4 Å². The lowest BCUT2D eigenvalue weighted by Crippen LogP contribution is -2.54. The number of nitrogens with one attached hydrogen (secondary N) is 1. The molecule has 2 saturated heterocycles. The molecule has 4 fully saturated rings. The molecule has 3 atom stereocenters. The molecule has 8 rings (SSSR count). The number of ether oxygens (including phenoxy) is 1. The summed E-state index contributed by atoms with van der Waals surface area (Å²) in [5, 5.41) is 1.09. The van der Waals surface area contributed by atoms with Gasteiger partial charge in [0.15, 0.2) is 0 Å². The molecule has 0 spiro atoms. The van der Waals surface area contributed by atoms with Crippen LogP contribution in [0.2, 0.25) is 0 Å². The summed E-state index contributed by atoms with van der Waals surface area (Å²) in [5.74, 6) is 0.804.